The number of aryl methyl sites for hydroxylation is 2. The van der Waals surface area contributed by atoms with Crippen LogP contribution in [0.4, 0.5) is 0 Å². The van der Waals surface area contributed by atoms with E-state index in [0.717, 1.165) is 33.7 Å². The minimum absolute atomic E-state index is 0.405. The maximum Gasteiger partial charge on any atom is 0.131 e. The van der Waals surface area contributed by atoms with Crippen molar-refractivity contribution in [1.82, 2.24) is 9.78 Å². The van der Waals surface area contributed by atoms with E-state index in [1.54, 1.807) is 0 Å². The van der Waals surface area contributed by atoms with Gasteiger partial charge in [0, 0.05) is 6.54 Å². The van der Waals surface area contributed by atoms with Gasteiger partial charge in [0.25, 0.3) is 0 Å². The van der Waals surface area contributed by atoms with Gasteiger partial charge in [-0.3, -0.25) is 4.68 Å². The van der Waals surface area contributed by atoms with Gasteiger partial charge in [-0.2, -0.15) is 5.10 Å². The van der Waals surface area contributed by atoms with E-state index in [9.17, 15) is 5.11 Å². The first-order chi connectivity index (χ1) is 10.1. The first kappa shape index (κ1) is 16.0. The molecule has 0 aliphatic rings. The number of aliphatic hydroxyl groups is 1. The molecule has 1 atom stereocenters. The summed E-state index contributed by atoms with van der Waals surface area (Å²) in [5.74, 6) is 0.787. The number of halogens is 1. The number of rotatable bonds is 6. The summed E-state index contributed by atoms with van der Waals surface area (Å²) in [6, 6.07) is 7.59. The average Bonchev–Trinajstić information content (AvgIpc) is 2.79. The van der Waals surface area contributed by atoms with E-state index in [0.29, 0.717) is 13.0 Å². The Balaban J connectivity index is 2.06. The van der Waals surface area contributed by atoms with Crippen LogP contribution in [-0.4, -0.2) is 14.9 Å². The second kappa shape index (κ2) is 7.09. The SMILES string of the molecule is CC[C@H](O)c1ccc(OCc2c(Br)c(C)nn2CC)cc1. The van der Waals surface area contributed by atoms with E-state index in [1.165, 1.54) is 0 Å². The Morgan fingerprint density at radius 1 is 1.29 bits per heavy atom. The molecular weight excluding hydrogens is 332 g/mol. The molecule has 21 heavy (non-hydrogen) atoms. The zero-order chi connectivity index (χ0) is 15.4. The number of ether oxygens (including phenoxy) is 1. The molecule has 0 bridgehead atoms. The maximum absolute atomic E-state index is 9.78. The summed E-state index contributed by atoms with van der Waals surface area (Å²) in [5, 5.41) is 14.2. The second-order valence-corrected chi connectivity index (χ2v) is 5.74. The summed E-state index contributed by atoms with van der Waals surface area (Å²) < 4.78 is 8.77. The Hall–Kier alpha value is -1.33. The third-order valence-corrected chi connectivity index (χ3v) is 4.51. The summed E-state index contributed by atoms with van der Waals surface area (Å²) in [6.45, 7) is 7.27. The molecule has 0 fully saturated rings. The predicted molar refractivity (Wildman–Crippen MR) is 86.4 cm³/mol. The highest BCUT2D eigenvalue weighted by molar-refractivity contribution is 9.10. The number of aromatic nitrogens is 2. The van der Waals surface area contributed by atoms with Crippen LogP contribution in [0, 0.1) is 6.92 Å². The fraction of sp³-hybridized carbons (Fsp3) is 0.438. The van der Waals surface area contributed by atoms with Crippen LogP contribution in [0.15, 0.2) is 28.7 Å². The van der Waals surface area contributed by atoms with Crippen molar-refractivity contribution in [1.29, 1.82) is 0 Å². The molecule has 0 spiro atoms. The van der Waals surface area contributed by atoms with Crippen molar-refractivity contribution < 1.29 is 9.84 Å². The summed E-state index contributed by atoms with van der Waals surface area (Å²) in [6.07, 6.45) is 0.305. The molecule has 0 radical (unpaired) electrons. The van der Waals surface area contributed by atoms with Crippen LogP contribution in [0.1, 0.15) is 43.3 Å². The summed E-state index contributed by atoms with van der Waals surface area (Å²) in [4.78, 5) is 0. The van der Waals surface area contributed by atoms with E-state index in [4.69, 9.17) is 4.74 Å². The van der Waals surface area contributed by atoms with Crippen molar-refractivity contribution in [2.45, 2.75) is 46.4 Å². The molecule has 0 aliphatic carbocycles. The number of hydrogen-bond acceptors (Lipinski definition) is 3. The lowest BCUT2D eigenvalue weighted by atomic mass is 10.1. The van der Waals surface area contributed by atoms with Crippen LogP contribution in [0.3, 0.4) is 0 Å². The lowest BCUT2D eigenvalue weighted by Gasteiger charge is -2.11. The molecule has 0 unspecified atom stereocenters. The van der Waals surface area contributed by atoms with Gasteiger partial charge in [0.05, 0.1) is 22.0 Å². The standard InChI is InChI=1S/C16H21BrN2O2/c1-4-15(20)12-6-8-13(9-7-12)21-10-14-16(17)11(3)18-19(14)5-2/h6-9,15,20H,4-5,10H2,1-3H3/t15-/m0/s1. The van der Waals surface area contributed by atoms with Crippen molar-refractivity contribution in [2.75, 3.05) is 0 Å². The fourth-order valence-corrected chi connectivity index (χ4v) is 2.58. The molecule has 2 rings (SSSR count). The Morgan fingerprint density at radius 3 is 2.52 bits per heavy atom. The van der Waals surface area contributed by atoms with E-state index >= 15 is 0 Å². The normalized spacial score (nSPS) is 12.4. The number of aliphatic hydroxyl groups excluding tert-OH is 1. The summed E-state index contributed by atoms with van der Waals surface area (Å²) >= 11 is 3.56. The molecule has 2 aromatic rings. The zero-order valence-corrected chi connectivity index (χ0v) is 14.2. The number of benzene rings is 1. The Morgan fingerprint density at radius 2 is 1.95 bits per heavy atom. The van der Waals surface area contributed by atoms with E-state index < -0.39 is 6.10 Å². The van der Waals surface area contributed by atoms with Gasteiger partial charge < -0.3 is 9.84 Å². The third kappa shape index (κ3) is 3.66. The van der Waals surface area contributed by atoms with Crippen molar-refractivity contribution in [3.05, 3.63) is 45.7 Å². The van der Waals surface area contributed by atoms with Gasteiger partial charge in [-0.05, 0) is 53.9 Å². The first-order valence-corrected chi connectivity index (χ1v) is 7.98. The average molecular weight is 353 g/mol. The highest BCUT2D eigenvalue weighted by atomic mass is 79.9. The van der Waals surface area contributed by atoms with Crippen LogP contribution in [0.2, 0.25) is 0 Å². The Kier molecular flexibility index (Phi) is 5.42. The van der Waals surface area contributed by atoms with Gasteiger partial charge in [-0.1, -0.05) is 19.1 Å². The minimum atomic E-state index is -0.405. The molecule has 0 aliphatic heterocycles. The largest absolute Gasteiger partial charge is 0.487 e. The van der Waals surface area contributed by atoms with E-state index in [-0.39, 0.29) is 0 Å². The van der Waals surface area contributed by atoms with E-state index in [2.05, 4.69) is 28.0 Å². The van der Waals surface area contributed by atoms with Crippen molar-refractivity contribution in [3.8, 4) is 5.75 Å². The molecule has 0 saturated carbocycles. The van der Waals surface area contributed by atoms with Gasteiger partial charge >= 0.3 is 0 Å². The topological polar surface area (TPSA) is 47.3 Å². The van der Waals surface area contributed by atoms with Crippen LogP contribution in [0.5, 0.6) is 5.75 Å². The summed E-state index contributed by atoms with van der Waals surface area (Å²) in [5.41, 5.74) is 2.92. The van der Waals surface area contributed by atoms with E-state index in [1.807, 2.05) is 42.8 Å². The second-order valence-electron chi connectivity index (χ2n) is 4.94. The van der Waals surface area contributed by atoms with Crippen molar-refractivity contribution >= 4 is 15.9 Å². The molecule has 4 nitrogen and oxygen atoms in total. The quantitative estimate of drug-likeness (QED) is 0.854. The van der Waals surface area contributed by atoms with Gasteiger partial charge in [0.15, 0.2) is 0 Å². The first-order valence-electron chi connectivity index (χ1n) is 7.19. The molecule has 1 heterocycles. The monoisotopic (exact) mass is 352 g/mol. The molecule has 5 heteroatoms. The van der Waals surface area contributed by atoms with Gasteiger partial charge in [-0.25, -0.2) is 0 Å². The summed E-state index contributed by atoms with van der Waals surface area (Å²) in [7, 11) is 0. The van der Waals surface area contributed by atoms with Crippen LogP contribution in [-0.2, 0) is 13.2 Å². The van der Waals surface area contributed by atoms with Gasteiger partial charge in [0.1, 0.15) is 12.4 Å². The molecule has 1 aromatic carbocycles. The lowest BCUT2D eigenvalue weighted by molar-refractivity contribution is 0.173. The van der Waals surface area contributed by atoms with Gasteiger partial charge in [0.2, 0.25) is 0 Å². The van der Waals surface area contributed by atoms with Crippen LogP contribution >= 0.6 is 15.9 Å². The highest BCUT2D eigenvalue weighted by Gasteiger charge is 2.12. The predicted octanol–water partition coefficient (Wildman–Crippen LogP) is 4.00. The molecule has 114 valence electrons. The van der Waals surface area contributed by atoms with Crippen LogP contribution < -0.4 is 4.74 Å². The smallest absolute Gasteiger partial charge is 0.131 e. The zero-order valence-electron chi connectivity index (χ0n) is 12.6. The molecule has 0 saturated heterocycles. The Bertz CT molecular complexity index is 593. The van der Waals surface area contributed by atoms with Crippen molar-refractivity contribution in [3.63, 3.8) is 0 Å². The number of nitrogens with zero attached hydrogens (tertiary/aromatic N) is 2. The van der Waals surface area contributed by atoms with Gasteiger partial charge in [-0.15, -0.1) is 0 Å². The maximum atomic E-state index is 9.78. The minimum Gasteiger partial charge on any atom is -0.487 e. The molecule has 1 aromatic heterocycles. The molecule has 1 N–H and O–H groups in total. The lowest BCUT2D eigenvalue weighted by Crippen LogP contribution is -2.06. The third-order valence-electron chi connectivity index (χ3n) is 3.48. The molecule has 0 amide bonds. The fourth-order valence-electron chi connectivity index (χ4n) is 2.18. The number of hydrogen-bond donors (Lipinski definition) is 1. The van der Waals surface area contributed by atoms with Crippen LogP contribution in [0.25, 0.3) is 0 Å². The van der Waals surface area contributed by atoms with Crippen molar-refractivity contribution in [2.24, 2.45) is 0 Å². The Labute approximate surface area is 133 Å². The molecular formula is C16H21BrN2O2. The highest BCUT2D eigenvalue weighted by Crippen LogP contribution is 2.24.